The second kappa shape index (κ2) is 14.5. The van der Waals surface area contributed by atoms with Crippen LogP contribution >= 0.6 is 34.7 Å². The maximum absolute atomic E-state index is 7.23. The first-order chi connectivity index (χ1) is 22.7. The third-order valence-electron chi connectivity index (χ3n) is 8.33. The summed E-state index contributed by atoms with van der Waals surface area (Å²) in [5.74, 6) is 0.187. The van der Waals surface area contributed by atoms with Gasteiger partial charge in [0.25, 0.3) is 0 Å². The standard InChI is InChI=1S/C43H34ClS2/c44-43-37(25-24-31-27-39(33-14-5-1-6-15-33)45-40(28-31)34-16-7-2-8-17-34)22-13-23-38(43)26-32-29-41(35-18-9-3-10-19-35)46-42(30-32)36-20-11-4-12-21-36/h1-12,14-21,24-30,38H,13,22-23H2/q+1/b25-24+. The molecule has 0 spiro atoms. The molecule has 224 valence electrons. The van der Waals surface area contributed by atoms with Gasteiger partial charge in [0.05, 0.1) is 0 Å². The molecule has 0 fully saturated rings. The first-order valence-corrected chi connectivity index (χ1v) is 17.8. The van der Waals surface area contributed by atoms with Crippen molar-refractivity contribution in [2.75, 3.05) is 0 Å². The average molecular weight is 650 g/mol. The summed E-state index contributed by atoms with van der Waals surface area (Å²) in [6.07, 6.45) is 14.7. The van der Waals surface area contributed by atoms with Crippen LogP contribution in [0.25, 0.3) is 36.8 Å². The van der Waals surface area contributed by atoms with Gasteiger partial charge < -0.3 is 0 Å². The lowest BCUT2D eigenvalue weighted by atomic mass is 9.88. The van der Waals surface area contributed by atoms with Gasteiger partial charge in [-0.1, -0.05) is 139 Å². The molecule has 0 amide bonds. The van der Waals surface area contributed by atoms with Gasteiger partial charge in [0.15, 0.2) is 0 Å². The molecule has 0 nitrogen and oxygen atoms in total. The summed E-state index contributed by atoms with van der Waals surface area (Å²) in [5.41, 5.74) is 8.58. The van der Waals surface area contributed by atoms with Gasteiger partial charge in [0.2, 0.25) is 21.1 Å². The van der Waals surface area contributed by atoms with Crippen LogP contribution in [0.4, 0.5) is 0 Å². The molecule has 0 saturated heterocycles. The van der Waals surface area contributed by atoms with E-state index in [1.54, 1.807) is 0 Å². The third-order valence-corrected chi connectivity index (χ3v) is 11.1. The summed E-state index contributed by atoms with van der Waals surface area (Å²) >= 11 is 10.9. The summed E-state index contributed by atoms with van der Waals surface area (Å²) in [5, 5.41) is 0.961. The monoisotopic (exact) mass is 649 g/mol. The van der Waals surface area contributed by atoms with Gasteiger partial charge in [0.1, 0.15) is 0 Å². The van der Waals surface area contributed by atoms with E-state index in [2.05, 4.69) is 164 Å². The van der Waals surface area contributed by atoms with Crippen molar-refractivity contribution in [1.82, 2.24) is 0 Å². The van der Waals surface area contributed by atoms with E-state index in [9.17, 15) is 0 Å². The number of hydrogen-bond acceptors (Lipinski definition) is 1. The Morgan fingerprint density at radius 3 is 1.59 bits per heavy atom. The van der Waals surface area contributed by atoms with Crippen molar-refractivity contribution in [1.29, 1.82) is 0 Å². The summed E-state index contributed by atoms with van der Waals surface area (Å²) in [4.78, 5) is 5.03. The highest BCUT2D eigenvalue weighted by Crippen LogP contribution is 2.45. The van der Waals surface area contributed by atoms with Gasteiger partial charge in [-0.2, -0.15) is 0 Å². The van der Waals surface area contributed by atoms with Crippen LogP contribution in [0.2, 0.25) is 0 Å². The van der Waals surface area contributed by atoms with Crippen molar-refractivity contribution in [3.8, 4) is 20.9 Å². The summed E-state index contributed by atoms with van der Waals surface area (Å²) in [7, 11) is 0. The SMILES string of the molecule is ClC1=C(/C=C/c2cc(-c3ccccc3)[s+]c(-c3ccccc3)c2)CCCC1C=C1C=C(c2ccccc2)SC(c2ccccc2)=C1. The normalized spacial score (nSPS) is 16.7. The van der Waals surface area contributed by atoms with Crippen LogP contribution in [-0.4, -0.2) is 0 Å². The van der Waals surface area contributed by atoms with E-state index >= 15 is 0 Å². The maximum atomic E-state index is 7.23. The Bertz CT molecular complexity index is 1850. The van der Waals surface area contributed by atoms with Crippen molar-refractivity contribution < 1.29 is 0 Å². The number of benzene rings is 4. The second-order valence-electron chi connectivity index (χ2n) is 11.6. The summed E-state index contributed by atoms with van der Waals surface area (Å²) in [6.45, 7) is 0. The minimum Gasteiger partial charge on any atom is -0.0888 e. The molecule has 0 N–H and O–H groups in total. The van der Waals surface area contributed by atoms with Gasteiger partial charge in [-0.15, -0.1) is 0 Å². The number of rotatable bonds is 7. The van der Waals surface area contributed by atoms with Crippen molar-refractivity contribution >= 4 is 50.6 Å². The minimum absolute atomic E-state index is 0.187. The molecular formula is C43H34ClS2+. The molecule has 0 bridgehead atoms. The smallest absolute Gasteiger partial charge is 0.0888 e. The molecule has 5 aromatic rings. The van der Waals surface area contributed by atoms with E-state index in [-0.39, 0.29) is 5.92 Å². The first-order valence-electron chi connectivity index (χ1n) is 15.8. The van der Waals surface area contributed by atoms with E-state index in [1.807, 2.05) is 23.1 Å². The van der Waals surface area contributed by atoms with E-state index in [1.165, 1.54) is 58.5 Å². The fourth-order valence-electron chi connectivity index (χ4n) is 5.96. The van der Waals surface area contributed by atoms with E-state index < -0.39 is 0 Å². The number of allylic oxidation sites excluding steroid dienone is 7. The van der Waals surface area contributed by atoms with Crippen molar-refractivity contribution in [3.63, 3.8) is 0 Å². The topological polar surface area (TPSA) is 0 Å². The molecular weight excluding hydrogens is 616 g/mol. The zero-order valence-electron chi connectivity index (χ0n) is 25.5. The Hall–Kier alpha value is -4.21. The van der Waals surface area contributed by atoms with Crippen LogP contribution in [0, 0.1) is 5.92 Å². The molecule has 4 aromatic carbocycles. The van der Waals surface area contributed by atoms with Gasteiger partial charge in [-0.05, 0) is 83.5 Å². The molecule has 2 heterocycles. The highest BCUT2D eigenvalue weighted by atomic mass is 35.5. The molecule has 1 aromatic heterocycles. The predicted molar refractivity (Wildman–Crippen MR) is 203 cm³/mol. The highest BCUT2D eigenvalue weighted by molar-refractivity contribution is 8.16. The Balaban J connectivity index is 1.22. The van der Waals surface area contributed by atoms with Gasteiger partial charge in [0, 0.05) is 44.0 Å². The van der Waals surface area contributed by atoms with Crippen LogP contribution in [-0.2, 0) is 0 Å². The van der Waals surface area contributed by atoms with Crippen LogP contribution in [0.15, 0.2) is 174 Å². The van der Waals surface area contributed by atoms with E-state index in [0.717, 1.165) is 24.3 Å². The Kier molecular flexibility index (Phi) is 9.58. The first kappa shape index (κ1) is 30.4. The maximum Gasteiger partial charge on any atom is 0.239 e. The number of thioether (sulfide) groups is 1. The molecule has 7 rings (SSSR count). The molecule has 1 aliphatic heterocycles. The highest BCUT2D eigenvalue weighted by Gasteiger charge is 2.22. The fourth-order valence-corrected chi connectivity index (χ4v) is 8.56. The quantitative estimate of drug-likeness (QED) is 0.158. The fraction of sp³-hybridized carbons (Fsp3) is 0.0930. The number of halogens is 1. The third kappa shape index (κ3) is 7.26. The Morgan fingerprint density at radius 2 is 1.09 bits per heavy atom. The second-order valence-corrected chi connectivity index (χ2v) is 14.1. The van der Waals surface area contributed by atoms with Gasteiger partial charge >= 0.3 is 0 Å². The molecule has 1 unspecified atom stereocenters. The van der Waals surface area contributed by atoms with Crippen LogP contribution in [0.3, 0.4) is 0 Å². The summed E-state index contributed by atoms with van der Waals surface area (Å²) in [6, 6.07) is 47.3. The molecule has 2 aliphatic rings. The molecule has 1 aliphatic carbocycles. The lowest BCUT2D eigenvalue weighted by Crippen LogP contribution is -2.07. The largest absolute Gasteiger partial charge is 0.239 e. The Morgan fingerprint density at radius 1 is 0.609 bits per heavy atom. The van der Waals surface area contributed by atoms with Gasteiger partial charge in [-0.3, -0.25) is 0 Å². The molecule has 1 atom stereocenters. The minimum atomic E-state index is 0.187. The van der Waals surface area contributed by atoms with Crippen LogP contribution < -0.4 is 0 Å². The van der Waals surface area contributed by atoms with Gasteiger partial charge in [-0.25, -0.2) is 0 Å². The summed E-state index contributed by atoms with van der Waals surface area (Å²) < 4.78 is 0. The van der Waals surface area contributed by atoms with Crippen LogP contribution in [0.1, 0.15) is 36.0 Å². The van der Waals surface area contributed by atoms with Crippen LogP contribution in [0.5, 0.6) is 0 Å². The van der Waals surface area contributed by atoms with E-state index in [4.69, 9.17) is 11.6 Å². The van der Waals surface area contributed by atoms with Crippen molar-refractivity contribution in [2.24, 2.45) is 5.92 Å². The molecule has 0 radical (unpaired) electrons. The molecule has 46 heavy (non-hydrogen) atoms. The predicted octanol–water partition coefficient (Wildman–Crippen LogP) is 13.4. The Labute approximate surface area is 285 Å². The molecule has 3 heteroatoms. The zero-order valence-corrected chi connectivity index (χ0v) is 27.9. The average Bonchev–Trinajstić information content (AvgIpc) is 3.13. The molecule has 0 saturated carbocycles. The number of hydrogen-bond donors (Lipinski definition) is 0. The lowest BCUT2D eigenvalue weighted by Gasteiger charge is -2.23. The van der Waals surface area contributed by atoms with E-state index in [0.29, 0.717) is 0 Å². The van der Waals surface area contributed by atoms with Crippen molar-refractivity contribution in [3.05, 3.63) is 191 Å². The zero-order chi connectivity index (χ0) is 31.1. The van der Waals surface area contributed by atoms with Crippen molar-refractivity contribution in [2.45, 2.75) is 19.3 Å². The lowest BCUT2D eigenvalue weighted by molar-refractivity contribution is 0.606.